The molecule has 1 N–H and O–H groups in total. The highest BCUT2D eigenvalue weighted by atomic mass is 16.5. The van der Waals surface area contributed by atoms with Gasteiger partial charge < -0.3 is 15.0 Å². The summed E-state index contributed by atoms with van der Waals surface area (Å²) in [5.41, 5.74) is 1.57. The first-order valence-electron chi connectivity index (χ1n) is 7.86. The van der Waals surface area contributed by atoms with Gasteiger partial charge in [-0.15, -0.1) is 0 Å². The van der Waals surface area contributed by atoms with E-state index in [2.05, 4.69) is 5.32 Å². The first-order chi connectivity index (χ1) is 10.6. The normalized spacial score (nSPS) is 20.8. The molecule has 0 spiro atoms. The van der Waals surface area contributed by atoms with Crippen molar-refractivity contribution in [1.82, 2.24) is 10.2 Å². The number of ether oxygens (including phenoxy) is 1. The highest BCUT2D eigenvalue weighted by Crippen LogP contribution is 2.25. The lowest BCUT2D eigenvalue weighted by molar-refractivity contribution is -0.125. The molecule has 22 heavy (non-hydrogen) atoms. The fraction of sp³-hybridized carbons (Fsp3) is 0.529. The van der Waals surface area contributed by atoms with E-state index in [4.69, 9.17) is 4.74 Å². The molecule has 1 aromatic rings. The van der Waals surface area contributed by atoms with Crippen LogP contribution >= 0.6 is 0 Å². The van der Waals surface area contributed by atoms with Crippen molar-refractivity contribution in [2.75, 3.05) is 13.7 Å². The van der Waals surface area contributed by atoms with Gasteiger partial charge in [0, 0.05) is 18.2 Å². The number of aryl methyl sites for hydroxylation is 1. The molecule has 0 radical (unpaired) electrons. The molecule has 2 amide bonds. The summed E-state index contributed by atoms with van der Waals surface area (Å²) in [7, 11) is 1.60. The molecule has 1 heterocycles. The van der Waals surface area contributed by atoms with Crippen molar-refractivity contribution in [3.63, 3.8) is 0 Å². The Kier molecular flexibility index (Phi) is 4.05. The van der Waals surface area contributed by atoms with Crippen LogP contribution in [-0.2, 0) is 4.79 Å². The van der Waals surface area contributed by atoms with Crippen molar-refractivity contribution in [3.05, 3.63) is 29.3 Å². The zero-order chi connectivity index (χ0) is 15.7. The second-order valence-electron chi connectivity index (χ2n) is 6.12. The van der Waals surface area contributed by atoms with E-state index < -0.39 is 0 Å². The third-order valence-corrected chi connectivity index (χ3v) is 4.40. The van der Waals surface area contributed by atoms with Crippen LogP contribution in [0, 0.1) is 6.92 Å². The largest absolute Gasteiger partial charge is 0.496 e. The van der Waals surface area contributed by atoms with Crippen molar-refractivity contribution in [3.8, 4) is 5.75 Å². The van der Waals surface area contributed by atoms with E-state index in [0.29, 0.717) is 23.9 Å². The number of likely N-dealkylation sites (tertiary alicyclic amines) is 1. The molecule has 0 bridgehead atoms. The van der Waals surface area contributed by atoms with Gasteiger partial charge in [-0.3, -0.25) is 9.59 Å². The summed E-state index contributed by atoms with van der Waals surface area (Å²) < 4.78 is 5.28. The lowest BCUT2D eigenvalue weighted by Crippen LogP contribution is -2.46. The Balaban J connectivity index is 1.76. The molecule has 118 valence electrons. The van der Waals surface area contributed by atoms with Crippen molar-refractivity contribution in [2.45, 2.75) is 44.7 Å². The molecule has 5 nitrogen and oxygen atoms in total. The highest BCUT2D eigenvalue weighted by molar-refractivity contribution is 5.98. The predicted molar refractivity (Wildman–Crippen MR) is 83.0 cm³/mol. The first-order valence-corrected chi connectivity index (χ1v) is 7.86. The van der Waals surface area contributed by atoms with E-state index in [1.165, 1.54) is 0 Å². The van der Waals surface area contributed by atoms with E-state index in [0.717, 1.165) is 31.2 Å². The third kappa shape index (κ3) is 2.93. The van der Waals surface area contributed by atoms with Gasteiger partial charge in [0.1, 0.15) is 11.8 Å². The van der Waals surface area contributed by atoms with Crippen molar-refractivity contribution in [2.24, 2.45) is 0 Å². The maximum absolute atomic E-state index is 12.7. The minimum Gasteiger partial charge on any atom is -0.496 e. The smallest absolute Gasteiger partial charge is 0.254 e. The van der Waals surface area contributed by atoms with E-state index in [1.807, 2.05) is 13.0 Å². The number of methoxy groups -OCH3 is 1. The summed E-state index contributed by atoms with van der Waals surface area (Å²) in [6.45, 7) is 2.58. The average molecular weight is 302 g/mol. The Morgan fingerprint density at radius 2 is 2.05 bits per heavy atom. The Morgan fingerprint density at radius 1 is 1.27 bits per heavy atom. The van der Waals surface area contributed by atoms with E-state index in [1.54, 1.807) is 24.1 Å². The van der Waals surface area contributed by atoms with Gasteiger partial charge in [0.2, 0.25) is 5.91 Å². The summed E-state index contributed by atoms with van der Waals surface area (Å²) in [5.74, 6) is 0.600. The minimum absolute atomic E-state index is 0.00701. The van der Waals surface area contributed by atoms with E-state index in [9.17, 15) is 9.59 Å². The van der Waals surface area contributed by atoms with Crippen LogP contribution in [-0.4, -0.2) is 42.5 Å². The molecule has 1 aromatic carbocycles. The molecule has 2 fully saturated rings. The van der Waals surface area contributed by atoms with Crippen LogP contribution in [0.1, 0.15) is 41.6 Å². The van der Waals surface area contributed by atoms with Crippen LogP contribution in [0.3, 0.4) is 0 Å². The number of hydrogen-bond donors (Lipinski definition) is 1. The molecule has 0 aromatic heterocycles. The standard InChI is InChI=1S/C17H22N2O3/c1-11-5-6-12(10-15(11)22-2)17(21)19-9-3-4-14(19)16(20)18-13-7-8-13/h5-6,10,13-14H,3-4,7-9H2,1-2H3,(H,18,20)/t14-/m0/s1. The molecule has 5 heteroatoms. The first kappa shape index (κ1) is 14.9. The third-order valence-electron chi connectivity index (χ3n) is 4.40. The second-order valence-corrected chi connectivity index (χ2v) is 6.12. The van der Waals surface area contributed by atoms with Crippen LogP contribution in [0.15, 0.2) is 18.2 Å². The van der Waals surface area contributed by atoms with Gasteiger partial charge in [-0.1, -0.05) is 6.07 Å². The van der Waals surface area contributed by atoms with E-state index in [-0.39, 0.29) is 17.9 Å². The quantitative estimate of drug-likeness (QED) is 0.924. The zero-order valence-electron chi connectivity index (χ0n) is 13.1. The number of benzene rings is 1. The number of carbonyl (C=O) groups excluding carboxylic acids is 2. The lowest BCUT2D eigenvalue weighted by Gasteiger charge is -2.24. The van der Waals surface area contributed by atoms with Crippen molar-refractivity contribution in [1.29, 1.82) is 0 Å². The van der Waals surface area contributed by atoms with Gasteiger partial charge in [0.05, 0.1) is 7.11 Å². The summed E-state index contributed by atoms with van der Waals surface area (Å²) >= 11 is 0. The van der Waals surface area contributed by atoms with Crippen LogP contribution in [0.5, 0.6) is 5.75 Å². The van der Waals surface area contributed by atoms with Crippen LogP contribution in [0.25, 0.3) is 0 Å². The Morgan fingerprint density at radius 3 is 2.73 bits per heavy atom. The van der Waals surface area contributed by atoms with Crippen molar-refractivity contribution < 1.29 is 14.3 Å². The zero-order valence-corrected chi connectivity index (χ0v) is 13.1. The summed E-state index contributed by atoms with van der Waals surface area (Å²) in [6.07, 6.45) is 3.73. The van der Waals surface area contributed by atoms with Crippen LogP contribution < -0.4 is 10.1 Å². The lowest BCUT2D eigenvalue weighted by atomic mass is 10.1. The molecular weight excluding hydrogens is 280 g/mol. The Hall–Kier alpha value is -2.04. The maximum Gasteiger partial charge on any atom is 0.254 e. The van der Waals surface area contributed by atoms with Crippen LogP contribution in [0.4, 0.5) is 0 Å². The number of amides is 2. The average Bonchev–Trinajstić information content (AvgIpc) is 3.19. The number of nitrogens with zero attached hydrogens (tertiary/aromatic N) is 1. The Bertz CT molecular complexity index is 596. The molecule has 1 aliphatic heterocycles. The fourth-order valence-corrected chi connectivity index (χ4v) is 2.93. The highest BCUT2D eigenvalue weighted by Gasteiger charge is 2.36. The van der Waals surface area contributed by atoms with Gasteiger partial charge in [0.15, 0.2) is 0 Å². The van der Waals surface area contributed by atoms with Gasteiger partial charge in [0.25, 0.3) is 5.91 Å². The molecular formula is C17H22N2O3. The fourth-order valence-electron chi connectivity index (χ4n) is 2.93. The Labute approximate surface area is 130 Å². The van der Waals surface area contributed by atoms with Gasteiger partial charge in [-0.2, -0.15) is 0 Å². The van der Waals surface area contributed by atoms with Gasteiger partial charge in [-0.05, 0) is 50.3 Å². The van der Waals surface area contributed by atoms with Gasteiger partial charge >= 0.3 is 0 Å². The molecule has 1 saturated carbocycles. The van der Waals surface area contributed by atoms with E-state index >= 15 is 0 Å². The minimum atomic E-state index is -0.333. The summed E-state index contributed by atoms with van der Waals surface area (Å²) in [5, 5.41) is 3.01. The molecule has 2 aliphatic rings. The topological polar surface area (TPSA) is 58.6 Å². The number of hydrogen-bond acceptors (Lipinski definition) is 3. The van der Waals surface area contributed by atoms with Crippen molar-refractivity contribution >= 4 is 11.8 Å². The summed E-state index contributed by atoms with van der Waals surface area (Å²) in [4.78, 5) is 26.7. The molecule has 1 aliphatic carbocycles. The monoisotopic (exact) mass is 302 g/mol. The van der Waals surface area contributed by atoms with Crippen LogP contribution in [0.2, 0.25) is 0 Å². The maximum atomic E-state index is 12.7. The molecule has 1 saturated heterocycles. The molecule has 3 rings (SSSR count). The number of carbonyl (C=O) groups is 2. The molecule has 1 atom stereocenters. The SMILES string of the molecule is COc1cc(C(=O)N2CCC[C@H]2C(=O)NC2CC2)ccc1C. The summed E-state index contributed by atoms with van der Waals surface area (Å²) in [6, 6.07) is 5.42. The second kappa shape index (κ2) is 5.99. The predicted octanol–water partition coefficient (Wildman–Crippen LogP) is 1.89. The molecule has 0 unspecified atom stereocenters. The number of rotatable bonds is 4. The number of nitrogens with one attached hydrogen (secondary N) is 1. The van der Waals surface area contributed by atoms with Gasteiger partial charge in [-0.25, -0.2) is 0 Å².